The van der Waals surface area contributed by atoms with Crippen LogP contribution in [-0.2, 0) is 18.4 Å². The van der Waals surface area contributed by atoms with Crippen LogP contribution in [0.5, 0.6) is 0 Å². The summed E-state index contributed by atoms with van der Waals surface area (Å²) < 4.78 is 22.8. The van der Waals surface area contributed by atoms with Crippen LogP contribution < -0.4 is 5.32 Å². The molecule has 1 aliphatic rings. The number of carbonyl (C=O) groups is 1. The molecule has 0 bridgehead atoms. The van der Waals surface area contributed by atoms with Gasteiger partial charge in [-0.15, -0.1) is 0 Å². The molecule has 0 radical (unpaired) electrons. The second kappa shape index (κ2) is 36.4. The predicted octanol–water partition coefficient (Wildman–Crippen LogP) is 8.20. The normalized spacial score (nSPS) is 23.4. The minimum atomic E-state index is -5.13. The third kappa shape index (κ3) is 28.0. The Labute approximate surface area is 363 Å². The molecule has 60 heavy (non-hydrogen) atoms. The molecule has 14 heteroatoms. The van der Waals surface area contributed by atoms with E-state index in [2.05, 4.69) is 19.2 Å². The number of unbranched alkanes of at least 4 members (excludes halogenated alkanes) is 27. The van der Waals surface area contributed by atoms with Crippen molar-refractivity contribution >= 4 is 13.7 Å². The summed E-state index contributed by atoms with van der Waals surface area (Å²) in [6.07, 6.45) is 24.6. The lowest BCUT2D eigenvalue weighted by Crippen LogP contribution is -2.64. The van der Waals surface area contributed by atoms with Crippen LogP contribution in [0.4, 0.5) is 0 Å². The minimum Gasteiger partial charge on any atom is -0.393 e. The highest BCUT2D eigenvalue weighted by atomic mass is 31.2. The number of aliphatic hydroxyl groups is 7. The van der Waals surface area contributed by atoms with Crippen LogP contribution in [0.3, 0.4) is 0 Å². The van der Waals surface area contributed by atoms with E-state index < -0.39 is 75.2 Å². The molecular weight excluding hydrogens is 789 g/mol. The van der Waals surface area contributed by atoms with E-state index in [9.17, 15) is 50.0 Å². The molecule has 1 rings (SSSR count). The molecule has 0 aromatic carbocycles. The van der Waals surface area contributed by atoms with Gasteiger partial charge in [0.2, 0.25) is 5.91 Å². The van der Waals surface area contributed by atoms with Crippen molar-refractivity contribution in [3.05, 3.63) is 12.2 Å². The number of amides is 1. The average molecular weight is 880 g/mol. The van der Waals surface area contributed by atoms with Gasteiger partial charge in [0, 0.05) is 0 Å². The number of carbonyl (C=O) groups excluding carboxylic acids is 1. The molecule has 8 atom stereocenters. The Kier molecular flexibility index (Phi) is 34.6. The first-order valence-corrected chi connectivity index (χ1v) is 25.7. The summed E-state index contributed by atoms with van der Waals surface area (Å²) in [6.45, 7) is 3.72. The second-order valence-electron chi connectivity index (χ2n) is 17.5. The van der Waals surface area contributed by atoms with E-state index in [-0.39, 0.29) is 6.42 Å². The largest absolute Gasteiger partial charge is 0.472 e. The number of hydrogen-bond donors (Lipinski definition) is 9. The molecule has 356 valence electrons. The van der Waals surface area contributed by atoms with Crippen LogP contribution >= 0.6 is 7.82 Å². The van der Waals surface area contributed by atoms with Gasteiger partial charge in [0.15, 0.2) is 0 Å². The van der Waals surface area contributed by atoms with Gasteiger partial charge in [-0.1, -0.05) is 199 Å². The monoisotopic (exact) mass is 880 g/mol. The Morgan fingerprint density at radius 1 is 0.583 bits per heavy atom. The molecule has 0 spiro atoms. The van der Waals surface area contributed by atoms with Crippen LogP contribution in [0.15, 0.2) is 12.2 Å². The predicted molar refractivity (Wildman–Crippen MR) is 238 cm³/mol. The molecule has 13 nitrogen and oxygen atoms in total. The first-order valence-electron chi connectivity index (χ1n) is 24.2. The standard InChI is InChI=1S/C46H90NO12P/c1-3-5-7-9-11-13-15-16-17-18-19-20-21-22-23-24-25-27-29-31-33-37(48)35-40(50)47-38(39(49)34-32-30-28-26-14-12-10-8-6-4-2)36-58-60(56,57)59-46-44(54)42(52)41(51)43(53)45(46)55/h32,34,37-39,41-46,48-49,51-55H,3-31,33,35-36H2,1-2H3,(H,47,50)(H,56,57)/b34-32+. The smallest absolute Gasteiger partial charge is 0.393 e. The number of allylic oxidation sites excluding steroid dienone is 1. The third-order valence-electron chi connectivity index (χ3n) is 11.9. The number of hydrogen-bond acceptors (Lipinski definition) is 11. The van der Waals surface area contributed by atoms with Gasteiger partial charge < -0.3 is 46.0 Å². The topological polar surface area (TPSA) is 226 Å². The lowest BCUT2D eigenvalue weighted by atomic mass is 9.85. The van der Waals surface area contributed by atoms with Crippen molar-refractivity contribution in [3.8, 4) is 0 Å². The lowest BCUT2D eigenvalue weighted by molar-refractivity contribution is -0.220. The van der Waals surface area contributed by atoms with E-state index in [1.165, 1.54) is 141 Å². The highest BCUT2D eigenvalue weighted by Gasteiger charge is 2.51. The third-order valence-corrected chi connectivity index (χ3v) is 12.9. The molecule has 0 saturated heterocycles. The Balaban J connectivity index is 2.42. The van der Waals surface area contributed by atoms with Crippen molar-refractivity contribution in [2.75, 3.05) is 6.61 Å². The van der Waals surface area contributed by atoms with Crippen molar-refractivity contribution in [3.63, 3.8) is 0 Å². The molecule has 0 aromatic heterocycles. The molecule has 1 aliphatic carbocycles. The summed E-state index contributed by atoms with van der Waals surface area (Å²) in [4.78, 5) is 23.4. The molecule has 0 aromatic rings. The first-order chi connectivity index (χ1) is 28.8. The molecule has 0 heterocycles. The fourth-order valence-electron chi connectivity index (χ4n) is 7.89. The zero-order valence-electron chi connectivity index (χ0n) is 37.6. The van der Waals surface area contributed by atoms with Crippen molar-refractivity contribution in [1.29, 1.82) is 0 Å². The molecule has 8 unspecified atom stereocenters. The van der Waals surface area contributed by atoms with Crippen molar-refractivity contribution in [2.45, 2.75) is 268 Å². The number of rotatable bonds is 40. The van der Waals surface area contributed by atoms with Crippen LogP contribution in [0.1, 0.15) is 213 Å². The Hall–Kier alpha value is -0.960. The molecule has 0 aliphatic heterocycles. The maximum Gasteiger partial charge on any atom is 0.472 e. The van der Waals surface area contributed by atoms with Gasteiger partial charge in [-0.3, -0.25) is 13.8 Å². The van der Waals surface area contributed by atoms with E-state index in [0.717, 1.165) is 44.9 Å². The van der Waals surface area contributed by atoms with Crippen LogP contribution in [0.2, 0.25) is 0 Å². The number of phosphoric ester groups is 1. The van der Waals surface area contributed by atoms with Crippen LogP contribution in [0.25, 0.3) is 0 Å². The van der Waals surface area contributed by atoms with E-state index in [0.29, 0.717) is 12.8 Å². The van der Waals surface area contributed by atoms with Crippen molar-refractivity contribution < 1.29 is 59.0 Å². The van der Waals surface area contributed by atoms with Gasteiger partial charge in [-0.25, -0.2) is 4.57 Å². The molecule has 1 amide bonds. The summed E-state index contributed by atoms with van der Waals surface area (Å²) in [7, 11) is -5.13. The summed E-state index contributed by atoms with van der Waals surface area (Å²) in [5.41, 5.74) is 0. The Bertz CT molecular complexity index is 1090. The van der Waals surface area contributed by atoms with Gasteiger partial charge in [-0.2, -0.15) is 0 Å². The fourth-order valence-corrected chi connectivity index (χ4v) is 8.86. The Morgan fingerprint density at radius 2 is 0.950 bits per heavy atom. The highest BCUT2D eigenvalue weighted by Crippen LogP contribution is 2.47. The van der Waals surface area contributed by atoms with Gasteiger partial charge in [0.25, 0.3) is 0 Å². The van der Waals surface area contributed by atoms with Gasteiger partial charge in [-0.05, 0) is 19.3 Å². The molecular formula is C46H90NO12P. The zero-order valence-corrected chi connectivity index (χ0v) is 38.5. The average Bonchev–Trinajstić information content (AvgIpc) is 3.22. The number of nitrogens with one attached hydrogen (secondary N) is 1. The molecule has 1 saturated carbocycles. The highest BCUT2D eigenvalue weighted by molar-refractivity contribution is 7.47. The van der Waals surface area contributed by atoms with E-state index >= 15 is 0 Å². The summed E-state index contributed by atoms with van der Waals surface area (Å²) in [5.74, 6) is -0.591. The van der Waals surface area contributed by atoms with Crippen LogP contribution in [0, 0.1) is 0 Å². The quantitative estimate of drug-likeness (QED) is 0.0161. The van der Waals surface area contributed by atoms with Gasteiger partial charge >= 0.3 is 7.82 Å². The first kappa shape index (κ1) is 57.1. The van der Waals surface area contributed by atoms with Crippen molar-refractivity contribution in [2.24, 2.45) is 0 Å². The maximum absolute atomic E-state index is 13.0. The minimum absolute atomic E-state index is 0.240. The van der Waals surface area contributed by atoms with Gasteiger partial charge in [0.1, 0.15) is 36.6 Å². The van der Waals surface area contributed by atoms with Crippen LogP contribution in [-0.4, -0.2) is 108 Å². The molecule has 1 fully saturated rings. The second-order valence-corrected chi connectivity index (χ2v) is 18.9. The Morgan fingerprint density at radius 3 is 1.37 bits per heavy atom. The van der Waals surface area contributed by atoms with Gasteiger partial charge in [0.05, 0.1) is 31.3 Å². The lowest BCUT2D eigenvalue weighted by Gasteiger charge is -2.41. The fraction of sp³-hybridized carbons (Fsp3) is 0.935. The van der Waals surface area contributed by atoms with E-state index in [4.69, 9.17) is 9.05 Å². The maximum atomic E-state index is 13.0. The van der Waals surface area contributed by atoms with Crippen molar-refractivity contribution in [1.82, 2.24) is 5.32 Å². The number of aliphatic hydroxyl groups excluding tert-OH is 7. The zero-order chi connectivity index (χ0) is 44.4. The SMILES string of the molecule is CCCCCCCCCC/C=C/C(O)C(COP(=O)(O)OC1C(O)C(O)C(O)C(O)C1O)NC(=O)CC(O)CCCCCCCCCCCCCCCCCCCCCC. The summed E-state index contributed by atoms with van der Waals surface area (Å²) >= 11 is 0. The summed E-state index contributed by atoms with van der Waals surface area (Å²) in [6, 6.07) is -1.23. The number of phosphoric acid groups is 1. The van der Waals surface area contributed by atoms with E-state index in [1.54, 1.807) is 6.08 Å². The molecule has 9 N–H and O–H groups in total. The van der Waals surface area contributed by atoms with E-state index in [1.807, 2.05) is 0 Å². The summed E-state index contributed by atoms with van der Waals surface area (Å²) in [5, 5.41) is 74.4.